The lowest BCUT2D eigenvalue weighted by molar-refractivity contribution is 0.325. The normalized spacial score (nSPS) is 14.4. The number of fused-ring (bicyclic) bond motifs is 1. The number of hydrogen-bond donors (Lipinski definition) is 2. The lowest BCUT2D eigenvalue weighted by atomic mass is 10.1. The minimum absolute atomic E-state index is 0.464. The van der Waals surface area contributed by atoms with Gasteiger partial charge in [0, 0.05) is 32.0 Å². The maximum atomic E-state index is 6.24. The molecule has 4 N–H and O–H groups in total. The lowest BCUT2D eigenvalue weighted by Crippen LogP contribution is -2.01. The molecule has 1 heterocycles. The molecule has 0 radical (unpaired) electrons. The van der Waals surface area contributed by atoms with Crippen molar-refractivity contribution in [3.8, 4) is 5.75 Å². The van der Waals surface area contributed by atoms with Crippen molar-refractivity contribution < 1.29 is 4.74 Å². The molecule has 1 aliphatic heterocycles. The second-order valence-corrected chi connectivity index (χ2v) is 6.23. The number of ether oxygens (including phenoxy) is 1. The highest BCUT2D eigenvalue weighted by atomic mass is 79.9. The molecule has 0 saturated carbocycles. The van der Waals surface area contributed by atoms with Crippen LogP contribution in [0.25, 0.3) is 5.70 Å². The summed E-state index contributed by atoms with van der Waals surface area (Å²) in [6, 6.07) is 5.81. The summed E-state index contributed by atoms with van der Waals surface area (Å²) in [6.07, 6.45) is 0.731. The Bertz CT molecular complexity index is 581. The van der Waals surface area contributed by atoms with E-state index < -0.39 is 0 Å². The molecule has 5 heteroatoms. The van der Waals surface area contributed by atoms with Gasteiger partial charge in [-0.25, -0.2) is 0 Å². The highest BCUT2D eigenvalue weighted by Gasteiger charge is 2.17. The van der Waals surface area contributed by atoms with Crippen LogP contribution in [0.3, 0.4) is 0 Å². The lowest BCUT2D eigenvalue weighted by Gasteiger charge is -2.10. The van der Waals surface area contributed by atoms with Crippen molar-refractivity contribution in [3.05, 3.63) is 56.9 Å². The maximum absolute atomic E-state index is 6.24. The molecule has 100 valence electrons. The molecule has 0 aromatic heterocycles. The monoisotopic (exact) mass is 338 g/mol. The first kappa shape index (κ1) is 14.1. The number of halogens is 1. The minimum atomic E-state index is 0.464. The molecule has 0 aliphatic carbocycles. The fourth-order valence-electron chi connectivity index (χ4n) is 1.70. The van der Waals surface area contributed by atoms with Crippen molar-refractivity contribution in [1.82, 2.24) is 0 Å². The van der Waals surface area contributed by atoms with E-state index in [0.29, 0.717) is 18.0 Å². The van der Waals surface area contributed by atoms with Gasteiger partial charge in [-0.05, 0) is 18.2 Å². The Labute approximate surface area is 125 Å². The summed E-state index contributed by atoms with van der Waals surface area (Å²) in [5.41, 5.74) is 14.0. The van der Waals surface area contributed by atoms with E-state index in [0.717, 1.165) is 32.0 Å². The van der Waals surface area contributed by atoms with Crippen LogP contribution in [0.15, 0.2) is 51.3 Å². The van der Waals surface area contributed by atoms with Crippen molar-refractivity contribution >= 4 is 33.4 Å². The van der Waals surface area contributed by atoms with Gasteiger partial charge in [0.25, 0.3) is 0 Å². The summed E-state index contributed by atoms with van der Waals surface area (Å²) in [6.45, 7) is 8.15. The number of benzene rings is 1. The highest BCUT2D eigenvalue weighted by Crippen LogP contribution is 2.38. The third kappa shape index (κ3) is 3.16. The van der Waals surface area contributed by atoms with Crippen LogP contribution >= 0.6 is 27.7 Å². The van der Waals surface area contributed by atoms with E-state index in [4.69, 9.17) is 16.2 Å². The number of rotatable bonds is 3. The van der Waals surface area contributed by atoms with Gasteiger partial charge < -0.3 is 16.2 Å². The Kier molecular flexibility index (Phi) is 4.27. The molecule has 0 fully saturated rings. The zero-order valence-electron chi connectivity index (χ0n) is 10.4. The summed E-state index contributed by atoms with van der Waals surface area (Å²) in [5.74, 6) is 0.791. The first-order valence-corrected chi connectivity index (χ1v) is 7.33. The zero-order chi connectivity index (χ0) is 14.0. The molecule has 0 bridgehead atoms. The Balaban J connectivity index is 2.38. The second kappa shape index (κ2) is 5.75. The van der Waals surface area contributed by atoms with E-state index in [1.165, 1.54) is 11.8 Å². The zero-order valence-corrected chi connectivity index (χ0v) is 12.8. The summed E-state index contributed by atoms with van der Waals surface area (Å²) < 4.78 is 6.69. The van der Waals surface area contributed by atoms with Crippen molar-refractivity contribution in [2.75, 3.05) is 6.61 Å². The maximum Gasteiger partial charge on any atom is 0.129 e. The molecule has 1 aromatic rings. The van der Waals surface area contributed by atoms with Crippen LogP contribution in [0.4, 0.5) is 0 Å². The predicted octanol–water partition coefficient (Wildman–Crippen LogP) is 3.58. The molecule has 0 unspecified atom stereocenters. The Morgan fingerprint density at radius 2 is 2.11 bits per heavy atom. The Morgan fingerprint density at radius 3 is 2.79 bits per heavy atom. The van der Waals surface area contributed by atoms with E-state index >= 15 is 0 Å². The molecule has 0 spiro atoms. The average molecular weight is 339 g/mol. The standard InChI is InChI=1S/C14H15BrN2OS/c1-8(16)9(2)19-13-5-6-18-12-7-10(15)3-4-11(12)14(13)17/h3-4,7H,1-2,5-6,16-17H2. The molecular formula is C14H15BrN2OS. The molecule has 1 aliphatic rings. The summed E-state index contributed by atoms with van der Waals surface area (Å²) in [5, 5.41) is 0. The first-order chi connectivity index (χ1) is 8.99. The van der Waals surface area contributed by atoms with Crippen LogP contribution in [0, 0.1) is 0 Å². The van der Waals surface area contributed by atoms with E-state index in [1.807, 2.05) is 18.2 Å². The molecule has 0 amide bonds. The van der Waals surface area contributed by atoms with Crippen LogP contribution in [-0.2, 0) is 0 Å². The minimum Gasteiger partial charge on any atom is -0.492 e. The van der Waals surface area contributed by atoms with Crippen molar-refractivity contribution in [2.45, 2.75) is 6.42 Å². The van der Waals surface area contributed by atoms with Gasteiger partial charge in [0.2, 0.25) is 0 Å². The van der Waals surface area contributed by atoms with Crippen LogP contribution in [0.2, 0.25) is 0 Å². The van der Waals surface area contributed by atoms with Crippen molar-refractivity contribution in [2.24, 2.45) is 11.5 Å². The van der Waals surface area contributed by atoms with E-state index in [-0.39, 0.29) is 0 Å². The predicted molar refractivity (Wildman–Crippen MR) is 85.4 cm³/mol. The molecule has 0 saturated heterocycles. The summed E-state index contributed by atoms with van der Waals surface area (Å²) in [7, 11) is 0. The van der Waals surface area contributed by atoms with Crippen LogP contribution in [0.1, 0.15) is 12.0 Å². The largest absolute Gasteiger partial charge is 0.492 e. The first-order valence-electron chi connectivity index (χ1n) is 5.72. The van der Waals surface area contributed by atoms with Crippen molar-refractivity contribution in [1.29, 1.82) is 0 Å². The SMILES string of the molecule is C=C(N)C(=C)SC1=C(N)c2ccc(Br)cc2OCC1. The number of nitrogens with two attached hydrogens (primary N) is 2. The van der Waals surface area contributed by atoms with E-state index in [1.54, 1.807) is 0 Å². The number of hydrogen-bond acceptors (Lipinski definition) is 4. The topological polar surface area (TPSA) is 61.3 Å². The van der Waals surface area contributed by atoms with Gasteiger partial charge in [-0.1, -0.05) is 40.8 Å². The third-order valence-corrected chi connectivity index (χ3v) is 4.40. The summed E-state index contributed by atoms with van der Waals surface area (Å²) in [4.78, 5) is 1.73. The van der Waals surface area contributed by atoms with Gasteiger partial charge in [0.1, 0.15) is 5.75 Å². The number of thioether (sulfide) groups is 1. The summed E-state index contributed by atoms with van der Waals surface area (Å²) >= 11 is 4.89. The van der Waals surface area contributed by atoms with E-state index in [9.17, 15) is 0 Å². The average Bonchev–Trinajstić information content (AvgIpc) is 2.50. The van der Waals surface area contributed by atoms with Crippen LogP contribution in [0.5, 0.6) is 5.75 Å². The molecule has 1 aromatic carbocycles. The fourth-order valence-corrected chi connectivity index (χ4v) is 2.87. The van der Waals surface area contributed by atoms with Crippen LogP contribution < -0.4 is 16.2 Å². The molecule has 0 atom stereocenters. The van der Waals surface area contributed by atoms with Gasteiger partial charge in [0.15, 0.2) is 0 Å². The van der Waals surface area contributed by atoms with E-state index in [2.05, 4.69) is 29.1 Å². The molecule has 19 heavy (non-hydrogen) atoms. The van der Waals surface area contributed by atoms with Crippen molar-refractivity contribution in [3.63, 3.8) is 0 Å². The molecule has 3 nitrogen and oxygen atoms in total. The Hall–Kier alpha value is -1.33. The second-order valence-electron chi connectivity index (χ2n) is 4.13. The van der Waals surface area contributed by atoms with Gasteiger partial charge in [-0.15, -0.1) is 0 Å². The van der Waals surface area contributed by atoms with Gasteiger partial charge in [-0.2, -0.15) is 0 Å². The van der Waals surface area contributed by atoms with Gasteiger partial charge in [0.05, 0.1) is 12.3 Å². The quantitative estimate of drug-likeness (QED) is 0.827. The van der Waals surface area contributed by atoms with Gasteiger partial charge in [-0.3, -0.25) is 0 Å². The third-order valence-electron chi connectivity index (χ3n) is 2.73. The Morgan fingerprint density at radius 1 is 1.37 bits per heavy atom. The molecular weight excluding hydrogens is 324 g/mol. The fraction of sp³-hybridized carbons (Fsp3) is 0.143. The van der Waals surface area contributed by atoms with Crippen LogP contribution in [-0.4, -0.2) is 6.61 Å². The van der Waals surface area contributed by atoms with Gasteiger partial charge >= 0.3 is 0 Å². The molecule has 2 rings (SSSR count). The smallest absolute Gasteiger partial charge is 0.129 e. The highest BCUT2D eigenvalue weighted by molar-refractivity contribution is 9.10.